The molecule has 0 spiro atoms. The molecule has 0 aromatic heterocycles. The first-order valence-electron chi connectivity index (χ1n) is 5.91. The lowest BCUT2D eigenvalue weighted by Crippen LogP contribution is -2.20. The van der Waals surface area contributed by atoms with E-state index < -0.39 is 21.7 Å². The average Bonchev–Trinajstić information content (AvgIpc) is 2.46. The molecule has 0 saturated carbocycles. The highest BCUT2D eigenvalue weighted by atomic mass is 32.2. The molecule has 1 rings (SSSR count). The summed E-state index contributed by atoms with van der Waals surface area (Å²) in [7, 11) is 0.317. The number of anilines is 2. The van der Waals surface area contributed by atoms with Crippen molar-refractivity contribution in [3.05, 3.63) is 12.1 Å². The number of carbonyl (C=O) groups excluding carboxylic acids is 1. The van der Waals surface area contributed by atoms with Crippen LogP contribution in [-0.4, -0.2) is 41.5 Å². The van der Waals surface area contributed by atoms with Crippen LogP contribution in [0.1, 0.15) is 6.42 Å². The number of nitrogens with one attached hydrogen (secondary N) is 1. The second-order valence-electron chi connectivity index (χ2n) is 4.04. The Morgan fingerprint density at radius 3 is 2.29 bits per heavy atom. The lowest BCUT2D eigenvalue weighted by Gasteiger charge is -2.14. The maximum absolute atomic E-state index is 11.9. The van der Waals surface area contributed by atoms with Gasteiger partial charge in [0.15, 0.2) is 11.5 Å². The third-order valence-electron chi connectivity index (χ3n) is 2.62. The summed E-state index contributed by atoms with van der Waals surface area (Å²) in [6.07, 6.45) is -0.251. The van der Waals surface area contributed by atoms with Crippen molar-refractivity contribution >= 4 is 27.4 Å². The van der Waals surface area contributed by atoms with Gasteiger partial charge >= 0.3 is 5.97 Å². The van der Waals surface area contributed by atoms with Gasteiger partial charge in [-0.25, -0.2) is 8.42 Å². The van der Waals surface area contributed by atoms with Crippen LogP contribution in [-0.2, 0) is 19.6 Å². The van der Waals surface area contributed by atoms with Crippen LogP contribution in [0.25, 0.3) is 0 Å². The number of esters is 1. The number of benzene rings is 1. The van der Waals surface area contributed by atoms with Gasteiger partial charge in [-0.05, 0) is 0 Å². The molecule has 3 N–H and O–H groups in total. The zero-order chi connectivity index (χ0) is 16.0. The molecule has 0 aliphatic heterocycles. The van der Waals surface area contributed by atoms with Gasteiger partial charge in [0.05, 0.1) is 44.9 Å². The smallest absolute Gasteiger partial charge is 0.306 e. The van der Waals surface area contributed by atoms with Crippen LogP contribution in [0.2, 0.25) is 0 Å². The second kappa shape index (κ2) is 7.02. The van der Waals surface area contributed by atoms with Gasteiger partial charge < -0.3 is 19.9 Å². The van der Waals surface area contributed by atoms with Gasteiger partial charge in [0.1, 0.15) is 0 Å². The summed E-state index contributed by atoms with van der Waals surface area (Å²) in [5.74, 6) is -0.307. The first-order chi connectivity index (χ1) is 9.82. The van der Waals surface area contributed by atoms with Gasteiger partial charge in [0.2, 0.25) is 10.0 Å². The molecule has 0 saturated heterocycles. The molecule has 0 fully saturated rings. The predicted octanol–water partition coefficient (Wildman–Crippen LogP) is 0.591. The topological polar surface area (TPSA) is 117 Å². The predicted molar refractivity (Wildman–Crippen MR) is 78.0 cm³/mol. The van der Waals surface area contributed by atoms with E-state index in [0.717, 1.165) is 0 Å². The molecule has 0 heterocycles. The highest BCUT2D eigenvalue weighted by molar-refractivity contribution is 7.92. The van der Waals surface area contributed by atoms with Crippen molar-refractivity contribution in [1.82, 2.24) is 0 Å². The first kappa shape index (κ1) is 16.9. The van der Waals surface area contributed by atoms with E-state index in [2.05, 4.69) is 9.46 Å². The molecule has 1 aromatic rings. The van der Waals surface area contributed by atoms with E-state index in [1.165, 1.54) is 33.5 Å². The van der Waals surface area contributed by atoms with E-state index in [0.29, 0.717) is 11.5 Å². The number of hydrogen-bond acceptors (Lipinski definition) is 7. The van der Waals surface area contributed by atoms with Crippen LogP contribution < -0.4 is 19.9 Å². The number of carbonyl (C=O) groups is 1. The quantitative estimate of drug-likeness (QED) is 0.558. The molecule has 9 heteroatoms. The number of ether oxygens (including phenoxy) is 3. The lowest BCUT2D eigenvalue weighted by atomic mass is 10.2. The molecular formula is C12H18N2O6S. The Bertz CT molecular complexity index is 614. The molecule has 0 aliphatic carbocycles. The fraction of sp³-hybridized carbons (Fsp3) is 0.417. The largest absolute Gasteiger partial charge is 0.493 e. The summed E-state index contributed by atoms with van der Waals surface area (Å²) in [6.45, 7) is 0. The van der Waals surface area contributed by atoms with Crippen LogP contribution in [0.5, 0.6) is 11.5 Å². The highest BCUT2D eigenvalue weighted by Gasteiger charge is 2.17. The maximum atomic E-state index is 11.9. The van der Waals surface area contributed by atoms with Crippen LogP contribution in [0, 0.1) is 0 Å². The molecule has 0 radical (unpaired) electrons. The minimum absolute atomic E-state index is 0.150. The Hall–Kier alpha value is -2.16. The standard InChI is InChI=1S/C12H18N2O6S/c1-18-10-6-8(13)9(7-11(10)19-2)14-21(16,17)5-4-12(15)20-3/h6-7,14H,4-5,13H2,1-3H3. The van der Waals surface area contributed by atoms with Crippen molar-refractivity contribution in [2.24, 2.45) is 0 Å². The van der Waals surface area contributed by atoms with Crippen molar-refractivity contribution in [1.29, 1.82) is 0 Å². The highest BCUT2D eigenvalue weighted by Crippen LogP contribution is 2.35. The van der Waals surface area contributed by atoms with Crippen molar-refractivity contribution in [2.75, 3.05) is 37.5 Å². The summed E-state index contributed by atoms with van der Waals surface area (Å²) in [5.41, 5.74) is 6.08. The van der Waals surface area contributed by atoms with Crippen molar-refractivity contribution < 1.29 is 27.4 Å². The number of nitrogens with two attached hydrogens (primary N) is 1. The summed E-state index contributed by atoms with van der Waals surface area (Å²) < 4.78 is 40.6. The number of sulfonamides is 1. The van der Waals surface area contributed by atoms with E-state index in [1.54, 1.807) is 0 Å². The number of nitrogen functional groups attached to an aromatic ring is 1. The summed E-state index contributed by atoms with van der Waals surface area (Å²) in [6, 6.07) is 2.85. The molecule has 8 nitrogen and oxygen atoms in total. The zero-order valence-corrected chi connectivity index (χ0v) is 12.8. The van der Waals surface area contributed by atoms with E-state index in [-0.39, 0.29) is 17.8 Å². The van der Waals surface area contributed by atoms with E-state index >= 15 is 0 Å². The van der Waals surface area contributed by atoms with Gasteiger partial charge in [-0.2, -0.15) is 0 Å². The Labute approximate surface area is 123 Å². The molecule has 0 amide bonds. The zero-order valence-electron chi connectivity index (χ0n) is 12.0. The fourth-order valence-electron chi connectivity index (χ4n) is 1.52. The van der Waals surface area contributed by atoms with Gasteiger partial charge in [0, 0.05) is 12.1 Å². The molecule has 0 bridgehead atoms. The van der Waals surface area contributed by atoms with Crippen LogP contribution in [0.4, 0.5) is 11.4 Å². The van der Waals surface area contributed by atoms with Crippen molar-refractivity contribution in [3.63, 3.8) is 0 Å². The van der Waals surface area contributed by atoms with Crippen LogP contribution in [0.3, 0.4) is 0 Å². The molecule has 0 aliphatic rings. The normalized spacial score (nSPS) is 10.8. The van der Waals surface area contributed by atoms with Gasteiger partial charge in [-0.1, -0.05) is 0 Å². The Morgan fingerprint density at radius 1 is 1.19 bits per heavy atom. The molecule has 21 heavy (non-hydrogen) atoms. The third kappa shape index (κ3) is 4.71. The minimum Gasteiger partial charge on any atom is -0.493 e. The van der Waals surface area contributed by atoms with Crippen molar-refractivity contribution in [3.8, 4) is 11.5 Å². The molecule has 0 atom stereocenters. The van der Waals surface area contributed by atoms with Crippen LogP contribution >= 0.6 is 0 Å². The van der Waals surface area contributed by atoms with E-state index in [1.807, 2.05) is 0 Å². The Kier molecular flexibility index (Phi) is 5.65. The van der Waals surface area contributed by atoms with Gasteiger partial charge in [-0.15, -0.1) is 0 Å². The monoisotopic (exact) mass is 318 g/mol. The first-order valence-corrected chi connectivity index (χ1v) is 7.57. The third-order valence-corrected chi connectivity index (χ3v) is 3.90. The SMILES string of the molecule is COC(=O)CCS(=O)(=O)Nc1cc(OC)c(OC)cc1N. The number of methoxy groups -OCH3 is 3. The minimum atomic E-state index is -3.73. The second-order valence-corrected chi connectivity index (χ2v) is 5.88. The molecule has 118 valence electrons. The summed E-state index contributed by atoms with van der Waals surface area (Å²) in [5, 5.41) is 0. The maximum Gasteiger partial charge on any atom is 0.306 e. The molecule has 1 aromatic carbocycles. The molecular weight excluding hydrogens is 300 g/mol. The van der Waals surface area contributed by atoms with Gasteiger partial charge in [-0.3, -0.25) is 9.52 Å². The van der Waals surface area contributed by atoms with E-state index in [9.17, 15) is 13.2 Å². The van der Waals surface area contributed by atoms with Crippen molar-refractivity contribution in [2.45, 2.75) is 6.42 Å². The Morgan fingerprint density at radius 2 is 1.76 bits per heavy atom. The summed E-state index contributed by atoms with van der Waals surface area (Å²) in [4.78, 5) is 11.0. The number of rotatable bonds is 7. The average molecular weight is 318 g/mol. The van der Waals surface area contributed by atoms with E-state index in [4.69, 9.17) is 15.2 Å². The number of hydrogen-bond donors (Lipinski definition) is 2. The fourth-order valence-corrected chi connectivity index (χ4v) is 2.57. The summed E-state index contributed by atoms with van der Waals surface area (Å²) >= 11 is 0. The van der Waals surface area contributed by atoms with Gasteiger partial charge in [0.25, 0.3) is 0 Å². The Balaban J connectivity index is 2.94. The molecule has 0 unspecified atom stereocenters. The lowest BCUT2D eigenvalue weighted by molar-refractivity contribution is -0.140. The van der Waals surface area contributed by atoms with Crippen LogP contribution in [0.15, 0.2) is 12.1 Å².